The standard InChI is InChI=1S/C21H26N6S2/c1-2-9-27(10-3-1)11-12-28-17-7-8-22-19-15(17)5-4-6-18(19)29-21-16-13-25-26-20(16)23-14-24-21/h7-8,13-14,18H,1-6,9-12H2,(H,23,24,25,26). The van der Waals surface area contributed by atoms with Crippen molar-refractivity contribution < 1.29 is 0 Å². The van der Waals surface area contributed by atoms with E-state index in [2.05, 4.69) is 31.1 Å². The zero-order chi connectivity index (χ0) is 19.5. The van der Waals surface area contributed by atoms with Gasteiger partial charge in [0, 0.05) is 23.4 Å². The van der Waals surface area contributed by atoms with Crippen LogP contribution in [0.4, 0.5) is 0 Å². The van der Waals surface area contributed by atoms with Gasteiger partial charge in [0.05, 0.1) is 22.5 Å². The number of nitrogens with zero attached hydrogens (tertiary/aromatic N) is 5. The molecular weight excluding hydrogens is 400 g/mol. The van der Waals surface area contributed by atoms with Crippen LogP contribution in [0.1, 0.15) is 48.6 Å². The van der Waals surface area contributed by atoms with Crippen molar-refractivity contribution in [1.29, 1.82) is 0 Å². The molecule has 0 bridgehead atoms. The number of hydrogen-bond donors (Lipinski definition) is 1. The van der Waals surface area contributed by atoms with Crippen LogP contribution in [0.25, 0.3) is 11.0 Å². The van der Waals surface area contributed by atoms with E-state index in [-0.39, 0.29) is 0 Å². The zero-order valence-corrected chi connectivity index (χ0v) is 18.1. The lowest BCUT2D eigenvalue weighted by molar-refractivity contribution is 0.242. The Balaban J connectivity index is 1.31. The fourth-order valence-corrected chi connectivity index (χ4v) is 6.67. The summed E-state index contributed by atoms with van der Waals surface area (Å²) in [5, 5.41) is 9.39. The van der Waals surface area contributed by atoms with Crippen LogP contribution in [-0.2, 0) is 6.42 Å². The van der Waals surface area contributed by atoms with E-state index in [1.54, 1.807) is 18.1 Å². The molecule has 0 radical (unpaired) electrons. The average molecular weight is 427 g/mol. The number of fused-ring (bicyclic) bond motifs is 2. The molecule has 0 aromatic carbocycles. The monoisotopic (exact) mass is 426 g/mol. The van der Waals surface area contributed by atoms with Crippen molar-refractivity contribution in [3.8, 4) is 0 Å². The first-order valence-corrected chi connectivity index (χ1v) is 12.4. The molecule has 1 aliphatic carbocycles. The Labute approximate surface area is 179 Å². The predicted octanol–water partition coefficient (Wildman–Crippen LogP) is 4.50. The molecule has 0 amide bonds. The van der Waals surface area contributed by atoms with Gasteiger partial charge in [0.2, 0.25) is 0 Å². The number of likely N-dealkylation sites (tertiary alicyclic amines) is 1. The van der Waals surface area contributed by atoms with Gasteiger partial charge in [0.1, 0.15) is 11.4 Å². The van der Waals surface area contributed by atoms with E-state index in [0.29, 0.717) is 5.25 Å². The normalized spacial score (nSPS) is 20.1. The summed E-state index contributed by atoms with van der Waals surface area (Å²) in [5.41, 5.74) is 3.50. The Kier molecular flexibility index (Phi) is 6.01. The Morgan fingerprint density at radius 3 is 2.97 bits per heavy atom. The molecule has 8 heteroatoms. The number of aromatic amines is 1. The van der Waals surface area contributed by atoms with E-state index in [9.17, 15) is 0 Å². The number of thioether (sulfide) groups is 2. The highest BCUT2D eigenvalue weighted by atomic mass is 32.2. The number of H-pyrrole nitrogens is 1. The third-order valence-electron chi connectivity index (χ3n) is 5.82. The van der Waals surface area contributed by atoms with E-state index < -0.39 is 0 Å². The predicted molar refractivity (Wildman–Crippen MR) is 118 cm³/mol. The van der Waals surface area contributed by atoms with Crippen LogP contribution in [-0.4, -0.2) is 55.4 Å². The number of rotatable bonds is 6. The first-order chi connectivity index (χ1) is 14.4. The zero-order valence-electron chi connectivity index (χ0n) is 16.5. The second-order valence-corrected chi connectivity index (χ2v) is 10.1. The van der Waals surface area contributed by atoms with Crippen LogP contribution in [0.3, 0.4) is 0 Å². The van der Waals surface area contributed by atoms with Crippen molar-refractivity contribution in [2.45, 2.75) is 53.7 Å². The summed E-state index contributed by atoms with van der Waals surface area (Å²) in [4.78, 5) is 17.6. The molecular formula is C21H26N6S2. The topological polar surface area (TPSA) is 70.6 Å². The summed E-state index contributed by atoms with van der Waals surface area (Å²) < 4.78 is 0. The highest BCUT2D eigenvalue weighted by molar-refractivity contribution is 8.00. The van der Waals surface area contributed by atoms with Crippen LogP contribution in [0.5, 0.6) is 0 Å². The average Bonchev–Trinajstić information content (AvgIpc) is 3.25. The molecule has 1 saturated heterocycles. The van der Waals surface area contributed by atoms with Gasteiger partial charge in [0.25, 0.3) is 0 Å². The number of nitrogens with one attached hydrogen (secondary N) is 1. The van der Waals surface area contributed by atoms with E-state index >= 15 is 0 Å². The fraction of sp³-hybridized carbons (Fsp3) is 0.524. The minimum Gasteiger partial charge on any atom is -0.303 e. The maximum atomic E-state index is 4.81. The van der Waals surface area contributed by atoms with Gasteiger partial charge in [-0.3, -0.25) is 10.1 Å². The van der Waals surface area contributed by atoms with Gasteiger partial charge in [-0.05, 0) is 56.8 Å². The van der Waals surface area contributed by atoms with Gasteiger partial charge in [-0.2, -0.15) is 5.10 Å². The molecule has 6 nitrogen and oxygen atoms in total. The largest absolute Gasteiger partial charge is 0.303 e. The quantitative estimate of drug-likeness (QED) is 0.460. The third kappa shape index (κ3) is 4.29. The number of hydrogen-bond acceptors (Lipinski definition) is 7. The molecule has 3 aromatic rings. The second kappa shape index (κ2) is 9.02. The molecule has 29 heavy (non-hydrogen) atoms. The lowest BCUT2D eigenvalue weighted by atomic mass is 9.96. The van der Waals surface area contributed by atoms with Crippen LogP contribution < -0.4 is 0 Å². The minimum atomic E-state index is 0.342. The van der Waals surface area contributed by atoms with E-state index in [1.165, 1.54) is 61.5 Å². The smallest absolute Gasteiger partial charge is 0.159 e. The molecule has 1 unspecified atom stereocenters. The van der Waals surface area contributed by atoms with Gasteiger partial charge in [0.15, 0.2) is 5.65 Å². The van der Waals surface area contributed by atoms with Crippen LogP contribution in [0, 0.1) is 0 Å². The summed E-state index contributed by atoms with van der Waals surface area (Å²) in [6.07, 6.45) is 13.0. The van der Waals surface area contributed by atoms with E-state index in [1.807, 2.05) is 24.2 Å². The van der Waals surface area contributed by atoms with Crippen LogP contribution in [0.2, 0.25) is 0 Å². The van der Waals surface area contributed by atoms with Crippen LogP contribution >= 0.6 is 23.5 Å². The number of pyridine rings is 1. The van der Waals surface area contributed by atoms with E-state index in [4.69, 9.17) is 4.98 Å². The third-order valence-corrected chi connectivity index (χ3v) is 8.20. The van der Waals surface area contributed by atoms with Crippen molar-refractivity contribution >= 4 is 34.6 Å². The first kappa shape index (κ1) is 19.3. The molecule has 1 atom stereocenters. The molecule has 1 fully saturated rings. The lowest BCUT2D eigenvalue weighted by Gasteiger charge is -2.27. The van der Waals surface area contributed by atoms with Gasteiger partial charge in [-0.1, -0.05) is 18.2 Å². The van der Waals surface area contributed by atoms with E-state index in [0.717, 1.165) is 34.7 Å². The van der Waals surface area contributed by atoms with Gasteiger partial charge >= 0.3 is 0 Å². The summed E-state index contributed by atoms with van der Waals surface area (Å²) in [6.45, 7) is 3.74. The molecule has 1 N–H and O–H groups in total. The summed E-state index contributed by atoms with van der Waals surface area (Å²) in [5.74, 6) is 1.16. The van der Waals surface area contributed by atoms with Crippen molar-refractivity contribution in [3.05, 3.63) is 36.0 Å². The molecule has 4 heterocycles. The highest BCUT2D eigenvalue weighted by Gasteiger charge is 2.26. The fourth-order valence-electron chi connectivity index (χ4n) is 4.31. The van der Waals surface area contributed by atoms with Crippen molar-refractivity contribution in [2.75, 3.05) is 25.4 Å². The molecule has 2 aliphatic rings. The van der Waals surface area contributed by atoms with Crippen molar-refractivity contribution in [3.63, 3.8) is 0 Å². The highest BCUT2D eigenvalue weighted by Crippen LogP contribution is 2.45. The molecule has 0 saturated carbocycles. The van der Waals surface area contributed by atoms with Gasteiger partial charge in [-0.15, -0.1) is 11.8 Å². The Morgan fingerprint density at radius 2 is 2.03 bits per heavy atom. The number of piperidine rings is 1. The second-order valence-electron chi connectivity index (χ2n) is 7.73. The lowest BCUT2D eigenvalue weighted by Crippen LogP contribution is -2.31. The van der Waals surface area contributed by atoms with Crippen LogP contribution in [0.15, 0.2) is 34.7 Å². The Bertz CT molecular complexity index is 969. The first-order valence-electron chi connectivity index (χ1n) is 10.5. The molecule has 5 rings (SSSR count). The minimum absolute atomic E-state index is 0.342. The summed E-state index contributed by atoms with van der Waals surface area (Å²) in [6, 6.07) is 2.21. The van der Waals surface area contributed by atoms with Gasteiger partial charge in [-0.25, -0.2) is 9.97 Å². The summed E-state index contributed by atoms with van der Waals surface area (Å²) in [7, 11) is 0. The molecule has 1 aliphatic heterocycles. The molecule has 152 valence electrons. The van der Waals surface area contributed by atoms with Crippen molar-refractivity contribution in [2.24, 2.45) is 0 Å². The summed E-state index contributed by atoms with van der Waals surface area (Å²) >= 11 is 3.81. The van der Waals surface area contributed by atoms with Gasteiger partial charge < -0.3 is 4.90 Å². The Morgan fingerprint density at radius 1 is 1.10 bits per heavy atom. The SMILES string of the molecule is c1cc(SCCN2CCCCC2)c2c(n1)C(Sc1ncnc3[nH]ncc13)CCC2. The number of aromatic nitrogens is 5. The Hall–Kier alpha value is -1.64. The maximum absolute atomic E-state index is 4.81. The maximum Gasteiger partial charge on any atom is 0.159 e. The van der Waals surface area contributed by atoms with Crippen molar-refractivity contribution in [1.82, 2.24) is 30.0 Å². The molecule has 0 spiro atoms. The molecule has 3 aromatic heterocycles.